The maximum absolute atomic E-state index is 12.0. The molecule has 0 bridgehead atoms. The fraction of sp³-hybridized carbons (Fsp3) is 0.438. The predicted molar refractivity (Wildman–Crippen MR) is 94.1 cm³/mol. The van der Waals surface area contributed by atoms with E-state index >= 15 is 0 Å². The fourth-order valence-electron chi connectivity index (χ4n) is 2.36. The van der Waals surface area contributed by atoms with Gasteiger partial charge >= 0.3 is 0 Å². The topological polar surface area (TPSA) is 106 Å². The zero-order chi connectivity index (χ0) is 16.2. The van der Waals surface area contributed by atoms with Crippen LogP contribution in [0, 0.1) is 0 Å². The first-order valence-corrected chi connectivity index (χ1v) is 7.75. The quantitative estimate of drug-likeness (QED) is 0.708. The monoisotopic (exact) mass is 351 g/mol. The third kappa shape index (κ3) is 4.53. The van der Waals surface area contributed by atoms with E-state index in [-0.39, 0.29) is 30.8 Å². The Bertz CT molecular complexity index is 683. The van der Waals surface area contributed by atoms with Gasteiger partial charge in [-0.2, -0.15) is 5.10 Å². The molecule has 1 heterocycles. The summed E-state index contributed by atoms with van der Waals surface area (Å²) in [7, 11) is 1.55. The zero-order valence-corrected chi connectivity index (χ0v) is 14.3. The molecule has 0 spiro atoms. The van der Waals surface area contributed by atoms with Crippen LogP contribution in [0.4, 0.5) is 5.69 Å². The van der Waals surface area contributed by atoms with Crippen LogP contribution >= 0.6 is 12.4 Å². The highest BCUT2D eigenvalue weighted by atomic mass is 35.5. The van der Waals surface area contributed by atoms with E-state index in [0.717, 1.165) is 11.4 Å². The Morgan fingerprint density at radius 1 is 1.50 bits per heavy atom. The van der Waals surface area contributed by atoms with Crippen LogP contribution in [0.25, 0.3) is 11.4 Å². The maximum Gasteiger partial charge on any atom is 0.227 e. The third-order valence-corrected chi connectivity index (χ3v) is 3.88. The number of aromatic nitrogens is 3. The zero-order valence-electron chi connectivity index (χ0n) is 13.5. The Labute approximate surface area is 146 Å². The van der Waals surface area contributed by atoms with Gasteiger partial charge < -0.3 is 15.8 Å². The summed E-state index contributed by atoms with van der Waals surface area (Å²) in [6.07, 6.45) is 2.30. The summed E-state index contributed by atoms with van der Waals surface area (Å²) in [6, 6.07) is 7.49. The van der Waals surface area contributed by atoms with Crippen molar-refractivity contribution < 1.29 is 9.53 Å². The van der Waals surface area contributed by atoms with Crippen molar-refractivity contribution in [2.75, 3.05) is 19.0 Å². The number of nitrogens with zero attached hydrogens (tertiary/aromatic N) is 2. The standard InChI is InChI=1S/C16H21N5O2.ClH/c1-23-13(9-17)8-14(22)18-12-4-2-3-11(7-12)16-19-15(20-21-16)10-5-6-10;/h2-4,7,10,13H,5-6,8-9,17H2,1H3,(H,18,22)(H,19,20,21);1H. The van der Waals surface area contributed by atoms with Crippen LogP contribution in [0.3, 0.4) is 0 Å². The number of hydrogen-bond donors (Lipinski definition) is 3. The van der Waals surface area contributed by atoms with Gasteiger partial charge in [0.2, 0.25) is 5.91 Å². The second-order valence-electron chi connectivity index (χ2n) is 5.75. The largest absolute Gasteiger partial charge is 0.380 e. The number of carbonyl (C=O) groups is 1. The van der Waals surface area contributed by atoms with E-state index in [1.165, 1.54) is 12.8 Å². The average molecular weight is 352 g/mol. The lowest BCUT2D eigenvalue weighted by Crippen LogP contribution is -2.28. The van der Waals surface area contributed by atoms with E-state index in [1.807, 2.05) is 24.3 Å². The number of benzene rings is 1. The number of rotatable bonds is 7. The molecule has 1 aliphatic carbocycles. The fourth-order valence-corrected chi connectivity index (χ4v) is 2.36. The summed E-state index contributed by atoms with van der Waals surface area (Å²) in [6.45, 7) is 0.311. The van der Waals surface area contributed by atoms with E-state index in [2.05, 4.69) is 20.5 Å². The molecule has 1 aliphatic rings. The Morgan fingerprint density at radius 2 is 2.29 bits per heavy atom. The molecule has 1 unspecified atom stereocenters. The molecule has 0 aliphatic heterocycles. The molecule has 24 heavy (non-hydrogen) atoms. The molecule has 2 aromatic rings. The van der Waals surface area contributed by atoms with Gasteiger partial charge in [-0.1, -0.05) is 12.1 Å². The van der Waals surface area contributed by atoms with Crippen molar-refractivity contribution in [1.29, 1.82) is 0 Å². The number of anilines is 1. The number of methoxy groups -OCH3 is 1. The van der Waals surface area contributed by atoms with Crippen molar-refractivity contribution in [3.8, 4) is 11.4 Å². The number of amides is 1. The third-order valence-electron chi connectivity index (χ3n) is 3.88. The Morgan fingerprint density at radius 3 is 2.96 bits per heavy atom. The number of carbonyl (C=O) groups excluding carboxylic acids is 1. The molecular weight excluding hydrogens is 330 g/mol. The van der Waals surface area contributed by atoms with Crippen molar-refractivity contribution in [3.05, 3.63) is 30.1 Å². The molecule has 1 atom stereocenters. The highest BCUT2D eigenvalue weighted by molar-refractivity contribution is 5.91. The minimum Gasteiger partial charge on any atom is -0.380 e. The van der Waals surface area contributed by atoms with Crippen LogP contribution < -0.4 is 11.1 Å². The molecule has 1 saturated carbocycles. The Kier molecular flexibility index (Phi) is 6.30. The van der Waals surface area contributed by atoms with Gasteiger partial charge in [-0.15, -0.1) is 12.4 Å². The number of aromatic amines is 1. The van der Waals surface area contributed by atoms with Gasteiger partial charge in [0.15, 0.2) is 5.82 Å². The van der Waals surface area contributed by atoms with E-state index in [0.29, 0.717) is 24.0 Å². The molecule has 8 heteroatoms. The van der Waals surface area contributed by atoms with Gasteiger partial charge in [0.05, 0.1) is 12.5 Å². The number of ether oxygens (including phenoxy) is 1. The first kappa shape index (κ1) is 18.4. The first-order valence-electron chi connectivity index (χ1n) is 7.75. The molecule has 130 valence electrons. The molecule has 3 rings (SSSR count). The van der Waals surface area contributed by atoms with Crippen molar-refractivity contribution in [2.24, 2.45) is 5.73 Å². The van der Waals surface area contributed by atoms with E-state index < -0.39 is 0 Å². The van der Waals surface area contributed by atoms with Crippen LogP contribution in [0.15, 0.2) is 24.3 Å². The smallest absolute Gasteiger partial charge is 0.227 e. The molecule has 1 aromatic heterocycles. The van der Waals surface area contributed by atoms with Crippen LogP contribution in [-0.2, 0) is 9.53 Å². The molecule has 1 amide bonds. The molecule has 7 nitrogen and oxygen atoms in total. The SMILES string of the molecule is COC(CN)CC(=O)Nc1cccc(-c2n[nH]c(C3CC3)n2)c1.Cl. The van der Waals surface area contributed by atoms with Gasteiger partial charge in [-0.25, -0.2) is 4.98 Å². The van der Waals surface area contributed by atoms with E-state index in [9.17, 15) is 4.79 Å². The van der Waals surface area contributed by atoms with Crippen molar-refractivity contribution in [1.82, 2.24) is 15.2 Å². The minimum atomic E-state index is -0.271. The molecule has 1 aromatic carbocycles. The number of H-pyrrole nitrogens is 1. The lowest BCUT2D eigenvalue weighted by Gasteiger charge is -2.12. The highest BCUT2D eigenvalue weighted by Crippen LogP contribution is 2.38. The number of nitrogens with two attached hydrogens (primary N) is 1. The summed E-state index contributed by atoms with van der Waals surface area (Å²) >= 11 is 0. The second kappa shape index (κ2) is 8.23. The van der Waals surface area contributed by atoms with Crippen LogP contribution in [0.1, 0.15) is 31.0 Å². The second-order valence-corrected chi connectivity index (χ2v) is 5.75. The number of nitrogens with one attached hydrogen (secondary N) is 2. The number of halogens is 1. The molecule has 4 N–H and O–H groups in total. The molecule has 1 fully saturated rings. The van der Waals surface area contributed by atoms with Gasteiger partial charge in [-0.05, 0) is 25.0 Å². The minimum absolute atomic E-state index is 0. The maximum atomic E-state index is 12.0. The van der Waals surface area contributed by atoms with Crippen molar-refractivity contribution in [2.45, 2.75) is 31.3 Å². The lowest BCUT2D eigenvalue weighted by molar-refractivity contribution is -0.118. The summed E-state index contributed by atoms with van der Waals surface area (Å²) < 4.78 is 5.12. The summed E-state index contributed by atoms with van der Waals surface area (Å²) in [5.74, 6) is 1.99. The van der Waals surface area contributed by atoms with Crippen molar-refractivity contribution >= 4 is 24.0 Å². The van der Waals surface area contributed by atoms with E-state index in [1.54, 1.807) is 7.11 Å². The van der Waals surface area contributed by atoms with Crippen molar-refractivity contribution in [3.63, 3.8) is 0 Å². The number of hydrogen-bond acceptors (Lipinski definition) is 5. The molecule has 0 saturated heterocycles. The van der Waals surface area contributed by atoms with E-state index in [4.69, 9.17) is 10.5 Å². The highest BCUT2D eigenvalue weighted by Gasteiger charge is 2.27. The van der Waals surface area contributed by atoms with Gasteiger partial charge in [0.25, 0.3) is 0 Å². The summed E-state index contributed by atoms with van der Waals surface area (Å²) in [5, 5.41) is 10.1. The first-order chi connectivity index (χ1) is 11.2. The summed E-state index contributed by atoms with van der Waals surface area (Å²) in [4.78, 5) is 16.5. The average Bonchev–Trinajstić information content (AvgIpc) is 3.30. The summed E-state index contributed by atoms with van der Waals surface area (Å²) in [5.41, 5.74) is 7.11. The Balaban J connectivity index is 0.00000208. The molecular formula is C16H22ClN5O2. The normalized spacial score (nSPS) is 14.8. The van der Waals surface area contributed by atoms with Gasteiger partial charge in [0, 0.05) is 30.8 Å². The molecule has 0 radical (unpaired) electrons. The lowest BCUT2D eigenvalue weighted by atomic mass is 10.2. The van der Waals surface area contributed by atoms with Crippen LogP contribution in [0.5, 0.6) is 0 Å². The van der Waals surface area contributed by atoms with Gasteiger partial charge in [0.1, 0.15) is 5.82 Å². The predicted octanol–water partition coefficient (Wildman–Crippen LogP) is 2.07. The van der Waals surface area contributed by atoms with Gasteiger partial charge in [-0.3, -0.25) is 9.89 Å². The van der Waals surface area contributed by atoms with Crippen LogP contribution in [-0.4, -0.2) is 40.8 Å². The van der Waals surface area contributed by atoms with Crippen LogP contribution in [0.2, 0.25) is 0 Å². The Hall–Kier alpha value is -1.96.